The van der Waals surface area contributed by atoms with Crippen LogP contribution in [0.5, 0.6) is 0 Å². The van der Waals surface area contributed by atoms with Crippen molar-refractivity contribution in [3.63, 3.8) is 0 Å². The topological polar surface area (TPSA) is 58.4 Å². The van der Waals surface area contributed by atoms with E-state index in [2.05, 4.69) is 17.3 Å². The molecule has 0 aromatic rings. The molecule has 0 radical (unpaired) electrons. The summed E-state index contributed by atoms with van der Waals surface area (Å²) in [5.41, 5.74) is 5.52. The molecule has 2 saturated heterocycles. The van der Waals surface area contributed by atoms with Gasteiger partial charge in [-0.15, -0.1) is 0 Å². The lowest BCUT2D eigenvalue weighted by atomic mass is 9.86. The Kier molecular flexibility index (Phi) is 2.49. The van der Waals surface area contributed by atoms with Crippen LogP contribution >= 0.6 is 0 Å². The van der Waals surface area contributed by atoms with Crippen LogP contribution in [-0.4, -0.2) is 42.5 Å². The van der Waals surface area contributed by atoms with E-state index in [-0.39, 0.29) is 17.5 Å². The largest absolute Gasteiger partial charge is 0.368 e. The highest BCUT2D eigenvalue weighted by Crippen LogP contribution is 2.32. The van der Waals surface area contributed by atoms with Gasteiger partial charge in [-0.25, -0.2) is 0 Å². The summed E-state index contributed by atoms with van der Waals surface area (Å²) in [6, 6.07) is -0.0848. The van der Waals surface area contributed by atoms with Crippen molar-refractivity contribution in [1.29, 1.82) is 0 Å². The van der Waals surface area contributed by atoms with Crippen molar-refractivity contribution < 1.29 is 4.79 Å². The number of nitrogens with one attached hydrogen (secondary N) is 1. The molecule has 0 saturated carbocycles. The smallest absolute Gasteiger partial charge is 0.234 e. The Balaban J connectivity index is 1.96. The number of piperidine rings is 1. The van der Waals surface area contributed by atoms with Gasteiger partial charge in [0.25, 0.3) is 0 Å². The number of nitrogens with two attached hydrogens (primary N) is 1. The molecule has 2 aliphatic heterocycles. The molecule has 1 spiro atoms. The standard InChI is InChI=1S/C10H19N3O/c1-13-6-4-10(5-7-13)3-2-8(12-10)9(11)14/h8,12H,2-7H2,1H3,(H2,11,14). The van der Waals surface area contributed by atoms with E-state index >= 15 is 0 Å². The lowest BCUT2D eigenvalue weighted by Gasteiger charge is -2.38. The van der Waals surface area contributed by atoms with E-state index in [1.807, 2.05) is 0 Å². The normalized spacial score (nSPS) is 32.2. The third kappa shape index (κ3) is 1.77. The second kappa shape index (κ2) is 3.51. The average molecular weight is 197 g/mol. The predicted octanol–water partition coefficient (Wildman–Crippen LogP) is -0.312. The second-order valence-corrected chi connectivity index (χ2v) is 4.72. The Morgan fingerprint density at radius 1 is 1.43 bits per heavy atom. The Morgan fingerprint density at radius 3 is 2.57 bits per heavy atom. The van der Waals surface area contributed by atoms with Crippen LogP contribution in [0.4, 0.5) is 0 Å². The van der Waals surface area contributed by atoms with Gasteiger partial charge in [-0.1, -0.05) is 0 Å². The summed E-state index contributed by atoms with van der Waals surface area (Å²) in [6.45, 7) is 2.25. The van der Waals surface area contributed by atoms with Crippen LogP contribution in [0.25, 0.3) is 0 Å². The summed E-state index contributed by atoms with van der Waals surface area (Å²) in [6.07, 6.45) is 4.31. The van der Waals surface area contributed by atoms with Crippen LogP contribution in [0.15, 0.2) is 0 Å². The molecule has 0 bridgehead atoms. The third-order valence-corrected chi connectivity index (χ3v) is 3.68. The first-order valence-electron chi connectivity index (χ1n) is 5.37. The molecule has 1 amide bonds. The number of hydrogen-bond acceptors (Lipinski definition) is 3. The molecular weight excluding hydrogens is 178 g/mol. The van der Waals surface area contributed by atoms with Crippen molar-refractivity contribution >= 4 is 5.91 Å². The van der Waals surface area contributed by atoms with E-state index in [1.54, 1.807) is 0 Å². The van der Waals surface area contributed by atoms with Crippen molar-refractivity contribution in [3.05, 3.63) is 0 Å². The minimum absolute atomic E-state index is 0.0848. The number of carbonyl (C=O) groups is 1. The molecule has 14 heavy (non-hydrogen) atoms. The first-order valence-corrected chi connectivity index (χ1v) is 5.37. The van der Waals surface area contributed by atoms with Gasteiger partial charge in [0.2, 0.25) is 5.91 Å². The maximum atomic E-state index is 11.0. The van der Waals surface area contributed by atoms with Gasteiger partial charge in [0.05, 0.1) is 6.04 Å². The van der Waals surface area contributed by atoms with Crippen LogP contribution in [-0.2, 0) is 4.79 Å². The van der Waals surface area contributed by atoms with Gasteiger partial charge in [-0.2, -0.15) is 0 Å². The zero-order chi connectivity index (χ0) is 10.2. The number of rotatable bonds is 1. The number of carbonyl (C=O) groups excluding carboxylic acids is 1. The number of nitrogens with zero attached hydrogens (tertiary/aromatic N) is 1. The number of amides is 1. The molecule has 1 atom stereocenters. The fourth-order valence-corrected chi connectivity index (χ4v) is 2.59. The Bertz CT molecular complexity index is 234. The maximum Gasteiger partial charge on any atom is 0.234 e. The maximum absolute atomic E-state index is 11.0. The lowest BCUT2D eigenvalue weighted by molar-refractivity contribution is -0.119. The molecule has 0 aromatic carbocycles. The number of hydrogen-bond donors (Lipinski definition) is 2. The van der Waals surface area contributed by atoms with Gasteiger partial charge in [0.15, 0.2) is 0 Å². The molecular formula is C10H19N3O. The van der Waals surface area contributed by atoms with Crippen LogP contribution < -0.4 is 11.1 Å². The zero-order valence-corrected chi connectivity index (χ0v) is 8.75. The van der Waals surface area contributed by atoms with Crippen LogP contribution in [0.2, 0.25) is 0 Å². The minimum Gasteiger partial charge on any atom is -0.368 e. The Hall–Kier alpha value is -0.610. The van der Waals surface area contributed by atoms with Crippen molar-refractivity contribution in [3.8, 4) is 0 Å². The van der Waals surface area contributed by atoms with Crippen LogP contribution in [0.3, 0.4) is 0 Å². The molecule has 4 heteroatoms. The van der Waals surface area contributed by atoms with E-state index in [0.717, 1.165) is 38.8 Å². The molecule has 3 N–H and O–H groups in total. The SMILES string of the molecule is CN1CCC2(CCC(C(N)=O)N2)CC1. The molecule has 0 aromatic heterocycles. The molecule has 2 heterocycles. The van der Waals surface area contributed by atoms with E-state index in [4.69, 9.17) is 5.73 Å². The quantitative estimate of drug-likeness (QED) is 0.606. The molecule has 80 valence electrons. The summed E-state index contributed by atoms with van der Waals surface area (Å²) < 4.78 is 0. The molecule has 0 aliphatic carbocycles. The van der Waals surface area contributed by atoms with Gasteiger partial charge >= 0.3 is 0 Å². The van der Waals surface area contributed by atoms with Crippen LogP contribution in [0, 0.1) is 0 Å². The third-order valence-electron chi connectivity index (χ3n) is 3.68. The van der Waals surface area contributed by atoms with Crippen molar-refractivity contribution in [2.45, 2.75) is 37.3 Å². The molecule has 2 fully saturated rings. The summed E-state index contributed by atoms with van der Waals surface area (Å²) in [4.78, 5) is 13.4. The van der Waals surface area contributed by atoms with Crippen molar-refractivity contribution in [2.24, 2.45) is 5.73 Å². The minimum atomic E-state index is -0.194. The molecule has 2 rings (SSSR count). The fraction of sp³-hybridized carbons (Fsp3) is 0.900. The highest BCUT2D eigenvalue weighted by atomic mass is 16.1. The summed E-state index contributed by atoms with van der Waals surface area (Å²) in [5, 5.41) is 3.43. The number of primary amides is 1. The zero-order valence-electron chi connectivity index (χ0n) is 8.75. The highest BCUT2D eigenvalue weighted by molar-refractivity contribution is 5.80. The van der Waals surface area contributed by atoms with E-state index < -0.39 is 0 Å². The van der Waals surface area contributed by atoms with E-state index in [1.165, 1.54) is 0 Å². The van der Waals surface area contributed by atoms with Gasteiger partial charge in [0, 0.05) is 5.54 Å². The first kappa shape index (κ1) is 9.93. The van der Waals surface area contributed by atoms with Crippen molar-refractivity contribution in [2.75, 3.05) is 20.1 Å². The average Bonchev–Trinajstić information content (AvgIpc) is 2.56. The van der Waals surface area contributed by atoms with Crippen LogP contribution in [0.1, 0.15) is 25.7 Å². The lowest BCUT2D eigenvalue weighted by Crippen LogP contribution is -2.53. The monoisotopic (exact) mass is 197 g/mol. The molecule has 2 aliphatic rings. The van der Waals surface area contributed by atoms with Gasteiger partial charge in [0.1, 0.15) is 0 Å². The van der Waals surface area contributed by atoms with Gasteiger partial charge in [-0.05, 0) is 45.8 Å². The number of likely N-dealkylation sites (tertiary alicyclic amines) is 1. The summed E-state index contributed by atoms with van der Waals surface area (Å²) in [7, 11) is 2.15. The molecule has 1 unspecified atom stereocenters. The fourth-order valence-electron chi connectivity index (χ4n) is 2.59. The van der Waals surface area contributed by atoms with Crippen molar-refractivity contribution in [1.82, 2.24) is 10.2 Å². The van der Waals surface area contributed by atoms with Gasteiger partial charge in [-0.3, -0.25) is 4.79 Å². The molecule has 4 nitrogen and oxygen atoms in total. The van der Waals surface area contributed by atoms with Gasteiger partial charge < -0.3 is 16.0 Å². The summed E-state index contributed by atoms with van der Waals surface area (Å²) in [5.74, 6) is -0.194. The first-order chi connectivity index (χ1) is 6.61. The summed E-state index contributed by atoms with van der Waals surface area (Å²) >= 11 is 0. The Morgan fingerprint density at radius 2 is 2.07 bits per heavy atom. The van der Waals surface area contributed by atoms with E-state index in [9.17, 15) is 4.79 Å². The highest BCUT2D eigenvalue weighted by Gasteiger charge is 2.41. The predicted molar refractivity (Wildman–Crippen MR) is 54.8 cm³/mol. The van der Waals surface area contributed by atoms with E-state index in [0.29, 0.717) is 0 Å². The second-order valence-electron chi connectivity index (χ2n) is 4.72. The Labute approximate surface area is 84.8 Å².